The van der Waals surface area contributed by atoms with Gasteiger partial charge in [-0.1, -0.05) is 18.2 Å². The summed E-state index contributed by atoms with van der Waals surface area (Å²) >= 11 is 0. The number of aryl methyl sites for hydroxylation is 1. The Kier molecular flexibility index (Phi) is 3.36. The van der Waals surface area contributed by atoms with Gasteiger partial charge in [0.15, 0.2) is 5.65 Å². The van der Waals surface area contributed by atoms with Crippen LogP contribution in [0.1, 0.15) is 5.69 Å². The van der Waals surface area contributed by atoms with E-state index in [9.17, 15) is 5.11 Å². The number of nitrogens with zero attached hydrogens (tertiary/aromatic N) is 5. The Balaban J connectivity index is 1.66. The maximum Gasteiger partial charge on any atom is 0.162 e. The first kappa shape index (κ1) is 15.5. The molecule has 0 saturated carbocycles. The van der Waals surface area contributed by atoms with Crippen molar-refractivity contribution in [3.63, 3.8) is 0 Å². The lowest BCUT2D eigenvalue weighted by molar-refractivity contribution is 0.473. The van der Waals surface area contributed by atoms with Gasteiger partial charge in [0.25, 0.3) is 0 Å². The van der Waals surface area contributed by atoms with Crippen LogP contribution in [-0.4, -0.2) is 29.7 Å². The minimum atomic E-state index is 0.133. The SMILES string of the molecule is Cc1ccc2c(-c3cnn4cc(-c5ccc(O)cn5)cnc34)cccc2n1. The van der Waals surface area contributed by atoms with Gasteiger partial charge >= 0.3 is 0 Å². The zero-order chi connectivity index (χ0) is 18.4. The standard InChI is InChI=1S/C21H15N5O/c1-13-5-7-17-16(3-2-4-20(17)25-13)18-11-24-26-12-14(9-23-21(18)26)19-8-6-15(27)10-22-19/h2-12,27H,1H3. The summed E-state index contributed by atoms with van der Waals surface area (Å²) < 4.78 is 1.75. The van der Waals surface area contributed by atoms with Gasteiger partial charge in [0, 0.05) is 34.6 Å². The van der Waals surface area contributed by atoms with E-state index in [1.165, 1.54) is 6.20 Å². The highest BCUT2D eigenvalue weighted by atomic mass is 16.3. The zero-order valence-electron chi connectivity index (χ0n) is 14.5. The van der Waals surface area contributed by atoms with Crippen LogP contribution in [-0.2, 0) is 0 Å². The van der Waals surface area contributed by atoms with Crippen LogP contribution in [0.5, 0.6) is 5.75 Å². The lowest BCUT2D eigenvalue weighted by Crippen LogP contribution is -1.93. The summed E-state index contributed by atoms with van der Waals surface area (Å²) in [5.74, 6) is 0.133. The van der Waals surface area contributed by atoms with Gasteiger partial charge in [0.05, 0.1) is 23.6 Å². The van der Waals surface area contributed by atoms with Crippen molar-refractivity contribution < 1.29 is 5.11 Å². The Bertz CT molecular complexity index is 1290. The van der Waals surface area contributed by atoms with E-state index in [0.717, 1.165) is 44.6 Å². The first-order valence-electron chi connectivity index (χ1n) is 8.54. The molecule has 0 aliphatic rings. The van der Waals surface area contributed by atoms with Crippen LogP contribution in [0.2, 0.25) is 0 Å². The number of fused-ring (bicyclic) bond motifs is 2. The average molecular weight is 353 g/mol. The van der Waals surface area contributed by atoms with Crippen LogP contribution in [0, 0.1) is 6.92 Å². The number of benzene rings is 1. The molecule has 0 saturated heterocycles. The summed E-state index contributed by atoms with van der Waals surface area (Å²) in [7, 11) is 0. The minimum Gasteiger partial charge on any atom is -0.506 e. The Labute approximate surface area is 154 Å². The summed E-state index contributed by atoms with van der Waals surface area (Å²) in [5, 5.41) is 15.0. The van der Waals surface area contributed by atoms with Crippen LogP contribution < -0.4 is 0 Å². The fraction of sp³-hybridized carbons (Fsp3) is 0.0476. The summed E-state index contributed by atoms with van der Waals surface area (Å²) in [6, 6.07) is 13.5. The van der Waals surface area contributed by atoms with Crippen LogP contribution in [0.15, 0.2) is 67.3 Å². The van der Waals surface area contributed by atoms with Crippen molar-refractivity contribution in [2.75, 3.05) is 0 Å². The second-order valence-electron chi connectivity index (χ2n) is 6.40. The second kappa shape index (κ2) is 5.88. The van der Waals surface area contributed by atoms with Crippen LogP contribution in [0.3, 0.4) is 0 Å². The molecule has 130 valence electrons. The molecule has 1 aromatic carbocycles. The van der Waals surface area contributed by atoms with Crippen molar-refractivity contribution in [1.29, 1.82) is 0 Å². The first-order chi connectivity index (χ1) is 13.2. The number of rotatable bonds is 2. The Morgan fingerprint density at radius 3 is 2.67 bits per heavy atom. The molecule has 6 heteroatoms. The third-order valence-corrected chi connectivity index (χ3v) is 4.56. The third-order valence-electron chi connectivity index (χ3n) is 4.56. The number of hydrogen-bond acceptors (Lipinski definition) is 5. The molecule has 5 aromatic rings. The molecule has 0 spiro atoms. The van der Waals surface area contributed by atoms with E-state index >= 15 is 0 Å². The van der Waals surface area contributed by atoms with Gasteiger partial charge in [-0.25, -0.2) is 9.50 Å². The summed E-state index contributed by atoms with van der Waals surface area (Å²) in [5.41, 5.74) is 6.27. The van der Waals surface area contributed by atoms with Gasteiger partial charge in [-0.2, -0.15) is 5.10 Å². The molecule has 4 aromatic heterocycles. The van der Waals surface area contributed by atoms with Crippen molar-refractivity contribution in [3.8, 4) is 28.1 Å². The molecule has 6 nitrogen and oxygen atoms in total. The van der Waals surface area contributed by atoms with Gasteiger partial charge in [-0.3, -0.25) is 9.97 Å². The van der Waals surface area contributed by atoms with E-state index in [2.05, 4.69) is 32.2 Å². The van der Waals surface area contributed by atoms with Crippen molar-refractivity contribution in [2.45, 2.75) is 6.92 Å². The maximum atomic E-state index is 9.41. The van der Waals surface area contributed by atoms with Crippen molar-refractivity contribution in [3.05, 3.63) is 72.9 Å². The van der Waals surface area contributed by atoms with E-state index in [0.29, 0.717) is 0 Å². The molecule has 0 amide bonds. The Morgan fingerprint density at radius 1 is 0.889 bits per heavy atom. The molecule has 0 fully saturated rings. The average Bonchev–Trinajstić information content (AvgIpc) is 3.11. The van der Waals surface area contributed by atoms with Crippen molar-refractivity contribution >= 4 is 16.6 Å². The van der Waals surface area contributed by atoms with Crippen molar-refractivity contribution in [2.24, 2.45) is 0 Å². The van der Waals surface area contributed by atoms with Crippen LogP contribution in [0.4, 0.5) is 0 Å². The van der Waals surface area contributed by atoms with E-state index in [1.807, 2.05) is 37.5 Å². The second-order valence-corrected chi connectivity index (χ2v) is 6.40. The van der Waals surface area contributed by atoms with Gasteiger partial charge in [-0.05, 0) is 36.8 Å². The number of aromatic nitrogens is 5. The molecule has 0 aliphatic carbocycles. The minimum absolute atomic E-state index is 0.133. The molecule has 0 radical (unpaired) electrons. The maximum absolute atomic E-state index is 9.41. The molecule has 27 heavy (non-hydrogen) atoms. The third kappa shape index (κ3) is 2.58. The highest BCUT2D eigenvalue weighted by Gasteiger charge is 2.13. The Morgan fingerprint density at radius 2 is 1.81 bits per heavy atom. The molecular formula is C21H15N5O. The summed E-state index contributed by atoms with van der Waals surface area (Å²) in [6.07, 6.45) is 6.90. The van der Waals surface area contributed by atoms with E-state index in [-0.39, 0.29) is 5.75 Å². The summed E-state index contributed by atoms with van der Waals surface area (Å²) in [6.45, 7) is 1.99. The van der Waals surface area contributed by atoms with Gasteiger partial charge < -0.3 is 5.11 Å². The normalized spacial score (nSPS) is 11.3. The zero-order valence-corrected chi connectivity index (χ0v) is 14.5. The molecule has 0 unspecified atom stereocenters. The lowest BCUT2D eigenvalue weighted by atomic mass is 10.0. The molecular weight excluding hydrogens is 338 g/mol. The molecule has 0 aliphatic heterocycles. The predicted molar refractivity (Wildman–Crippen MR) is 103 cm³/mol. The molecule has 1 N–H and O–H groups in total. The molecule has 4 heterocycles. The van der Waals surface area contributed by atoms with E-state index < -0.39 is 0 Å². The molecule has 0 bridgehead atoms. The fourth-order valence-corrected chi connectivity index (χ4v) is 3.25. The number of hydrogen-bond donors (Lipinski definition) is 1. The quantitative estimate of drug-likeness (QED) is 0.519. The first-order valence-corrected chi connectivity index (χ1v) is 8.54. The Hall–Kier alpha value is -3.80. The van der Waals surface area contributed by atoms with Crippen LogP contribution in [0.25, 0.3) is 38.9 Å². The molecule has 5 rings (SSSR count). The van der Waals surface area contributed by atoms with Crippen LogP contribution >= 0.6 is 0 Å². The summed E-state index contributed by atoms with van der Waals surface area (Å²) in [4.78, 5) is 13.5. The highest BCUT2D eigenvalue weighted by Crippen LogP contribution is 2.31. The molecule has 0 atom stereocenters. The van der Waals surface area contributed by atoms with E-state index in [4.69, 9.17) is 0 Å². The van der Waals surface area contributed by atoms with Gasteiger partial charge in [0.2, 0.25) is 0 Å². The number of aromatic hydroxyl groups is 1. The fourth-order valence-electron chi connectivity index (χ4n) is 3.25. The largest absolute Gasteiger partial charge is 0.506 e. The smallest absolute Gasteiger partial charge is 0.162 e. The van der Waals surface area contributed by atoms with Crippen molar-refractivity contribution in [1.82, 2.24) is 24.6 Å². The highest BCUT2D eigenvalue weighted by molar-refractivity contribution is 5.98. The predicted octanol–water partition coefficient (Wildman–Crippen LogP) is 4.02. The lowest BCUT2D eigenvalue weighted by Gasteiger charge is -2.06. The number of pyridine rings is 2. The monoisotopic (exact) mass is 353 g/mol. The van der Waals surface area contributed by atoms with E-state index in [1.54, 1.807) is 22.8 Å². The van der Waals surface area contributed by atoms with Gasteiger partial charge in [-0.15, -0.1) is 0 Å². The van der Waals surface area contributed by atoms with Gasteiger partial charge in [0.1, 0.15) is 5.75 Å². The topological polar surface area (TPSA) is 76.2 Å².